The van der Waals surface area contributed by atoms with Crippen LogP contribution >= 0.6 is 15.9 Å². The highest BCUT2D eigenvalue weighted by Crippen LogP contribution is 2.22. The number of halogens is 1. The van der Waals surface area contributed by atoms with E-state index in [1.165, 1.54) is 18.4 Å². The van der Waals surface area contributed by atoms with E-state index in [2.05, 4.69) is 46.9 Å². The predicted octanol–water partition coefficient (Wildman–Crippen LogP) is 5.07. The van der Waals surface area contributed by atoms with Crippen LogP contribution in [0.4, 0.5) is 0 Å². The molecule has 0 heterocycles. The topological polar surface area (TPSA) is 21.3 Å². The summed E-state index contributed by atoms with van der Waals surface area (Å²) in [7, 11) is 0. The van der Waals surface area contributed by atoms with Crippen LogP contribution in [-0.2, 0) is 6.54 Å². The summed E-state index contributed by atoms with van der Waals surface area (Å²) in [6.45, 7) is 8.62. The van der Waals surface area contributed by atoms with Crippen molar-refractivity contribution >= 4 is 15.9 Å². The summed E-state index contributed by atoms with van der Waals surface area (Å²) in [5.74, 6) is 0.963. The highest BCUT2D eigenvalue weighted by molar-refractivity contribution is 9.10. The first kappa shape index (κ1) is 17.3. The highest BCUT2D eigenvalue weighted by atomic mass is 79.9. The Bertz CT molecular complexity index is 393. The molecule has 0 atom stereocenters. The van der Waals surface area contributed by atoms with Gasteiger partial charge in [0.1, 0.15) is 5.75 Å². The number of ether oxygens (including phenoxy) is 1. The largest absolute Gasteiger partial charge is 0.494 e. The van der Waals surface area contributed by atoms with Gasteiger partial charge in [0, 0.05) is 11.0 Å². The van der Waals surface area contributed by atoms with Crippen molar-refractivity contribution in [3.63, 3.8) is 0 Å². The van der Waals surface area contributed by atoms with E-state index in [4.69, 9.17) is 4.74 Å². The number of hydrogen-bond donors (Lipinski definition) is 1. The summed E-state index contributed by atoms with van der Waals surface area (Å²) in [5.41, 5.74) is 1.25. The van der Waals surface area contributed by atoms with E-state index in [0.717, 1.165) is 49.2 Å². The molecule has 0 radical (unpaired) electrons. The molecule has 0 saturated carbocycles. The molecule has 0 unspecified atom stereocenters. The van der Waals surface area contributed by atoms with Crippen molar-refractivity contribution in [2.24, 2.45) is 0 Å². The Morgan fingerprint density at radius 3 is 2.90 bits per heavy atom. The second-order valence-electron chi connectivity index (χ2n) is 4.92. The number of nitrogens with one attached hydrogen (secondary N) is 1. The third-order valence-electron chi connectivity index (χ3n) is 3.08. The lowest BCUT2D eigenvalue weighted by Gasteiger charge is -2.10. The first-order valence-electron chi connectivity index (χ1n) is 7.50. The van der Waals surface area contributed by atoms with Crippen LogP contribution in [0.25, 0.3) is 0 Å². The fourth-order valence-electron chi connectivity index (χ4n) is 1.93. The van der Waals surface area contributed by atoms with Gasteiger partial charge in [0.15, 0.2) is 0 Å². The molecule has 1 N–H and O–H groups in total. The Balaban J connectivity index is 2.34. The lowest BCUT2D eigenvalue weighted by Crippen LogP contribution is -2.14. The second-order valence-corrected chi connectivity index (χ2v) is 5.77. The number of allylic oxidation sites excluding steroid dienone is 1. The molecule has 0 aliphatic carbocycles. The minimum atomic E-state index is 0.792. The lowest BCUT2D eigenvalue weighted by molar-refractivity contribution is 0.305. The Kier molecular flexibility index (Phi) is 9.42. The van der Waals surface area contributed by atoms with Crippen LogP contribution in [0.2, 0.25) is 0 Å². The lowest BCUT2D eigenvalue weighted by atomic mass is 10.2. The molecule has 1 aromatic carbocycles. The van der Waals surface area contributed by atoms with E-state index in [9.17, 15) is 0 Å². The molecule has 1 aromatic rings. The quantitative estimate of drug-likeness (QED) is 0.448. The van der Waals surface area contributed by atoms with Gasteiger partial charge in [-0.3, -0.25) is 0 Å². The van der Waals surface area contributed by atoms with Crippen molar-refractivity contribution < 1.29 is 4.74 Å². The minimum absolute atomic E-state index is 0.792. The molecular formula is C17H26BrNO. The fraction of sp³-hybridized carbons (Fsp3) is 0.529. The summed E-state index contributed by atoms with van der Waals surface area (Å²) in [6.07, 6.45) is 7.75. The Labute approximate surface area is 131 Å². The zero-order chi connectivity index (χ0) is 14.6. The molecule has 0 aliphatic rings. The predicted molar refractivity (Wildman–Crippen MR) is 90.3 cm³/mol. The zero-order valence-corrected chi connectivity index (χ0v) is 14.0. The molecular weight excluding hydrogens is 314 g/mol. The van der Waals surface area contributed by atoms with E-state index >= 15 is 0 Å². The molecule has 1 rings (SSSR count). The number of benzene rings is 1. The molecule has 3 heteroatoms. The summed E-state index contributed by atoms with van der Waals surface area (Å²) in [5, 5.41) is 3.41. The van der Waals surface area contributed by atoms with E-state index in [-0.39, 0.29) is 0 Å². The second kappa shape index (κ2) is 10.9. The van der Waals surface area contributed by atoms with Crippen molar-refractivity contribution in [3.05, 3.63) is 40.9 Å². The van der Waals surface area contributed by atoms with E-state index < -0.39 is 0 Å². The normalized spacial score (nSPS) is 10.5. The standard InChI is InChI=1S/C17H26BrNO/c1-3-5-6-7-8-12-20-16-9-10-17(18)15(13-16)14-19-11-4-2/h3,9-10,13,19H,1,4-8,11-12,14H2,2H3. The molecule has 112 valence electrons. The van der Waals surface area contributed by atoms with Gasteiger partial charge < -0.3 is 10.1 Å². The van der Waals surface area contributed by atoms with Crippen LogP contribution in [0.1, 0.15) is 44.6 Å². The Morgan fingerprint density at radius 1 is 1.30 bits per heavy atom. The van der Waals surface area contributed by atoms with Crippen molar-refractivity contribution in [1.29, 1.82) is 0 Å². The molecule has 0 spiro atoms. The van der Waals surface area contributed by atoms with Crippen LogP contribution < -0.4 is 10.1 Å². The van der Waals surface area contributed by atoms with Gasteiger partial charge in [-0.1, -0.05) is 28.9 Å². The molecule has 0 amide bonds. The van der Waals surface area contributed by atoms with Crippen LogP contribution in [0.3, 0.4) is 0 Å². The van der Waals surface area contributed by atoms with Crippen molar-refractivity contribution in [2.75, 3.05) is 13.2 Å². The first-order valence-corrected chi connectivity index (χ1v) is 8.30. The van der Waals surface area contributed by atoms with Crippen LogP contribution in [-0.4, -0.2) is 13.2 Å². The van der Waals surface area contributed by atoms with Gasteiger partial charge in [-0.25, -0.2) is 0 Å². The third-order valence-corrected chi connectivity index (χ3v) is 3.85. The maximum Gasteiger partial charge on any atom is 0.119 e. The van der Waals surface area contributed by atoms with Crippen molar-refractivity contribution in [3.8, 4) is 5.75 Å². The van der Waals surface area contributed by atoms with Gasteiger partial charge in [-0.15, -0.1) is 6.58 Å². The average molecular weight is 340 g/mol. The van der Waals surface area contributed by atoms with Crippen molar-refractivity contribution in [2.45, 2.75) is 45.6 Å². The number of rotatable bonds is 11. The van der Waals surface area contributed by atoms with Crippen LogP contribution in [0, 0.1) is 0 Å². The van der Waals surface area contributed by atoms with Crippen LogP contribution in [0.5, 0.6) is 5.75 Å². The summed E-state index contributed by atoms with van der Waals surface area (Å²) in [6, 6.07) is 6.21. The molecule has 0 fully saturated rings. The molecule has 0 bridgehead atoms. The third kappa shape index (κ3) is 7.11. The molecule has 0 aromatic heterocycles. The Hall–Kier alpha value is -0.800. The van der Waals surface area contributed by atoms with Crippen molar-refractivity contribution in [1.82, 2.24) is 5.32 Å². The van der Waals surface area contributed by atoms with Gasteiger partial charge in [-0.05, 0) is 62.4 Å². The van der Waals surface area contributed by atoms with Gasteiger partial charge >= 0.3 is 0 Å². The maximum absolute atomic E-state index is 5.81. The summed E-state index contributed by atoms with van der Waals surface area (Å²) >= 11 is 3.59. The molecule has 0 saturated heterocycles. The van der Waals surface area contributed by atoms with E-state index in [1.807, 2.05) is 12.1 Å². The highest BCUT2D eigenvalue weighted by Gasteiger charge is 2.02. The van der Waals surface area contributed by atoms with Gasteiger partial charge in [0.2, 0.25) is 0 Å². The number of unbranched alkanes of at least 4 members (excludes halogenated alkanes) is 3. The van der Waals surface area contributed by atoms with Gasteiger partial charge in [0.05, 0.1) is 6.61 Å². The zero-order valence-electron chi connectivity index (χ0n) is 12.5. The van der Waals surface area contributed by atoms with Gasteiger partial charge in [0.25, 0.3) is 0 Å². The fourth-order valence-corrected chi connectivity index (χ4v) is 2.32. The molecule has 0 aliphatic heterocycles. The van der Waals surface area contributed by atoms with E-state index in [0.29, 0.717) is 0 Å². The van der Waals surface area contributed by atoms with Gasteiger partial charge in [-0.2, -0.15) is 0 Å². The number of hydrogen-bond acceptors (Lipinski definition) is 2. The SMILES string of the molecule is C=CCCCCCOc1ccc(Br)c(CNCCC)c1. The maximum atomic E-state index is 5.81. The first-order chi connectivity index (χ1) is 9.77. The Morgan fingerprint density at radius 2 is 2.15 bits per heavy atom. The molecule has 2 nitrogen and oxygen atoms in total. The van der Waals surface area contributed by atoms with E-state index in [1.54, 1.807) is 0 Å². The smallest absolute Gasteiger partial charge is 0.119 e. The summed E-state index contributed by atoms with van der Waals surface area (Å²) < 4.78 is 6.95. The minimum Gasteiger partial charge on any atom is -0.494 e. The monoisotopic (exact) mass is 339 g/mol. The average Bonchev–Trinajstić information content (AvgIpc) is 2.46. The summed E-state index contributed by atoms with van der Waals surface area (Å²) in [4.78, 5) is 0. The molecule has 20 heavy (non-hydrogen) atoms. The van der Waals surface area contributed by atoms with Crippen LogP contribution in [0.15, 0.2) is 35.3 Å².